The first-order chi connectivity index (χ1) is 10.3. The monoisotopic (exact) mass is 287 g/mol. The molecule has 3 rings (SSSR count). The largest absolute Gasteiger partial charge is 0.469 e. The second kappa shape index (κ2) is 6.61. The summed E-state index contributed by atoms with van der Waals surface area (Å²) in [6.45, 7) is 1.10. The average molecular weight is 287 g/mol. The van der Waals surface area contributed by atoms with Gasteiger partial charge >= 0.3 is 5.97 Å². The molecule has 21 heavy (non-hydrogen) atoms. The highest BCUT2D eigenvalue weighted by Gasteiger charge is 2.38. The van der Waals surface area contributed by atoms with Gasteiger partial charge in [0.25, 0.3) is 0 Å². The van der Waals surface area contributed by atoms with Gasteiger partial charge < -0.3 is 10.1 Å². The van der Waals surface area contributed by atoms with E-state index in [1.807, 2.05) is 0 Å². The van der Waals surface area contributed by atoms with Crippen LogP contribution in [0.3, 0.4) is 0 Å². The summed E-state index contributed by atoms with van der Waals surface area (Å²) in [6.07, 6.45) is 5.55. The van der Waals surface area contributed by atoms with Gasteiger partial charge in [-0.25, -0.2) is 0 Å². The molecule has 0 heterocycles. The van der Waals surface area contributed by atoms with Gasteiger partial charge in [0.1, 0.15) is 0 Å². The van der Waals surface area contributed by atoms with E-state index < -0.39 is 0 Å². The van der Waals surface area contributed by atoms with Crippen molar-refractivity contribution in [2.45, 2.75) is 44.1 Å². The Morgan fingerprint density at radius 3 is 2.57 bits per heavy atom. The maximum absolute atomic E-state index is 11.5. The Hall–Kier alpha value is -1.35. The second-order valence-corrected chi connectivity index (χ2v) is 6.51. The fourth-order valence-corrected chi connectivity index (χ4v) is 3.58. The van der Waals surface area contributed by atoms with Crippen LogP contribution in [-0.4, -0.2) is 25.7 Å². The van der Waals surface area contributed by atoms with E-state index in [9.17, 15) is 4.79 Å². The van der Waals surface area contributed by atoms with Crippen molar-refractivity contribution in [1.82, 2.24) is 5.32 Å². The summed E-state index contributed by atoms with van der Waals surface area (Å²) >= 11 is 0. The van der Waals surface area contributed by atoms with Crippen molar-refractivity contribution in [2.24, 2.45) is 11.8 Å². The number of methoxy groups -OCH3 is 1. The van der Waals surface area contributed by atoms with Crippen LogP contribution >= 0.6 is 0 Å². The zero-order valence-corrected chi connectivity index (χ0v) is 12.8. The molecule has 1 unspecified atom stereocenters. The molecule has 3 heteroatoms. The molecule has 0 saturated heterocycles. The first kappa shape index (κ1) is 14.6. The van der Waals surface area contributed by atoms with E-state index in [0.717, 1.165) is 38.1 Å². The van der Waals surface area contributed by atoms with Gasteiger partial charge in [0, 0.05) is 12.0 Å². The molecule has 0 aliphatic heterocycles. The quantitative estimate of drug-likeness (QED) is 0.846. The highest BCUT2D eigenvalue weighted by atomic mass is 16.5. The summed E-state index contributed by atoms with van der Waals surface area (Å²) in [6, 6.07) is 11.4. The summed E-state index contributed by atoms with van der Waals surface area (Å²) in [5.74, 6) is 1.55. The number of hydrogen-bond donors (Lipinski definition) is 1. The molecule has 0 amide bonds. The van der Waals surface area contributed by atoms with Crippen molar-refractivity contribution in [3.63, 3.8) is 0 Å². The molecule has 0 radical (unpaired) electrons. The number of ether oxygens (including phenoxy) is 1. The van der Waals surface area contributed by atoms with Crippen LogP contribution in [0.2, 0.25) is 0 Å². The molecule has 2 fully saturated rings. The Morgan fingerprint density at radius 1 is 1.19 bits per heavy atom. The smallest absolute Gasteiger partial charge is 0.308 e. The van der Waals surface area contributed by atoms with Crippen LogP contribution in [0.15, 0.2) is 30.3 Å². The van der Waals surface area contributed by atoms with Crippen molar-refractivity contribution in [1.29, 1.82) is 0 Å². The molecule has 0 spiro atoms. The number of carbonyl (C=O) groups excluding carboxylic acids is 1. The maximum atomic E-state index is 11.5. The van der Waals surface area contributed by atoms with E-state index in [4.69, 9.17) is 4.74 Å². The molecule has 1 aromatic carbocycles. The predicted molar refractivity (Wildman–Crippen MR) is 83.1 cm³/mol. The molecule has 0 aromatic heterocycles. The minimum absolute atomic E-state index is 0.0206. The van der Waals surface area contributed by atoms with E-state index in [0.29, 0.717) is 12.0 Å². The van der Waals surface area contributed by atoms with Crippen LogP contribution in [-0.2, 0) is 9.53 Å². The topological polar surface area (TPSA) is 38.3 Å². The zero-order valence-electron chi connectivity index (χ0n) is 12.8. The number of rotatable bonds is 5. The minimum atomic E-state index is -0.0206. The molecule has 2 aliphatic rings. The SMILES string of the molecule is COC(=O)C1CCC(CNC2C[C@H]2c2ccccc2)CC1. The number of benzene rings is 1. The van der Waals surface area contributed by atoms with Crippen LogP contribution in [0.25, 0.3) is 0 Å². The molecule has 1 aromatic rings. The molecule has 2 saturated carbocycles. The van der Waals surface area contributed by atoms with Crippen molar-refractivity contribution in [2.75, 3.05) is 13.7 Å². The molecule has 3 nitrogen and oxygen atoms in total. The highest BCUT2D eigenvalue weighted by molar-refractivity contribution is 5.72. The van der Waals surface area contributed by atoms with Gasteiger partial charge in [-0.2, -0.15) is 0 Å². The lowest BCUT2D eigenvalue weighted by atomic mass is 9.82. The highest BCUT2D eigenvalue weighted by Crippen LogP contribution is 2.41. The summed E-state index contributed by atoms with van der Waals surface area (Å²) in [7, 11) is 1.49. The van der Waals surface area contributed by atoms with Crippen LogP contribution in [0.1, 0.15) is 43.6 Å². The molecule has 0 bridgehead atoms. The van der Waals surface area contributed by atoms with Gasteiger partial charge in [0.15, 0.2) is 0 Å². The summed E-state index contributed by atoms with van der Waals surface area (Å²) in [5, 5.41) is 3.72. The van der Waals surface area contributed by atoms with E-state index in [-0.39, 0.29) is 11.9 Å². The number of esters is 1. The van der Waals surface area contributed by atoms with Crippen LogP contribution in [0.4, 0.5) is 0 Å². The molecule has 114 valence electrons. The van der Waals surface area contributed by atoms with Crippen molar-refractivity contribution >= 4 is 5.97 Å². The zero-order chi connectivity index (χ0) is 14.7. The summed E-state index contributed by atoms with van der Waals surface area (Å²) in [4.78, 5) is 11.5. The Morgan fingerprint density at radius 2 is 1.90 bits per heavy atom. The Balaban J connectivity index is 1.37. The summed E-state index contributed by atoms with van der Waals surface area (Å²) < 4.78 is 4.84. The standard InChI is InChI=1S/C18H25NO2/c1-21-18(20)15-9-7-13(8-10-15)12-19-17-11-16(17)14-5-3-2-4-6-14/h2-6,13,15-17,19H,7-12H2,1H3/t13?,15?,16-,17?/m0/s1. The fraction of sp³-hybridized carbons (Fsp3) is 0.611. The number of hydrogen-bond acceptors (Lipinski definition) is 3. The Labute approximate surface area is 127 Å². The van der Waals surface area contributed by atoms with Gasteiger partial charge in [-0.15, -0.1) is 0 Å². The van der Waals surface area contributed by atoms with Gasteiger partial charge in [0.05, 0.1) is 13.0 Å². The van der Waals surface area contributed by atoms with Gasteiger partial charge in [0.2, 0.25) is 0 Å². The maximum Gasteiger partial charge on any atom is 0.308 e. The third-order valence-corrected chi connectivity index (χ3v) is 5.07. The first-order valence-electron chi connectivity index (χ1n) is 8.14. The van der Waals surface area contributed by atoms with Gasteiger partial charge in [-0.1, -0.05) is 30.3 Å². The second-order valence-electron chi connectivity index (χ2n) is 6.51. The van der Waals surface area contributed by atoms with Gasteiger partial charge in [-0.3, -0.25) is 4.79 Å². The molecular formula is C18H25NO2. The van der Waals surface area contributed by atoms with E-state index >= 15 is 0 Å². The minimum Gasteiger partial charge on any atom is -0.469 e. The molecule has 1 N–H and O–H groups in total. The normalized spacial score (nSPS) is 31.7. The van der Waals surface area contributed by atoms with E-state index in [2.05, 4.69) is 35.6 Å². The van der Waals surface area contributed by atoms with Crippen LogP contribution in [0, 0.1) is 11.8 Å². The Bertz CT molecular complexity index is 465. The third-order valence-electron chi connectivity index (χ3n) is 5.07. The Kier molecular flexibility index (Phi) is 4.59. The van der Waals surface area contributed by atoms with Crippen molar-refractivity contribution < 1.29 is 9.53 Å². The predicted octanol–water partition coefficient (Wildman–Crippen LogP) is 3.11. The van der Waals surface area contributed by atoms with E-state index in [1.54, 1.807) is 0 Å². The first-order valence-corrected chi connectivity index (χ1v) is 8.14. The number of nitrogens with one attached hydrogen (secondary N) is 1. The van der Waals surface area contributed by atoms with Crippen LogP contribution < -0.4 is 5.32 Å². The molecule has 2 aliphatic carbocycles. The molecular weight excluding hydrogens is 262 g/mol. The number of carbonyl (C=O) groups is 1. The van der Waals surface area contributed by atoms with Crippen molar-refractivity contribution in [3.8, 4) is 0 Å². The lowest BCUT2D eigenvalue weighted by molar-refractivity contribution is -0.146. The van der Waals surface area contributed by atoms with Crippen LogP contribution in [0.5, 0.6) is 0 Å². The summed E-state index contributed by atoms with van der Waals surface area (Å²) in [5.41, 5.74) is 1.46. The van der Waals surface area contributed by atoms with Crippen molar-refractivity contribution in [3.05, 3.63) is 35.9 Å². The van der Waals surface area contributed by atoms with Gasteiger partial charge in [-0.05, 0) is 50.1 Å². The molecule has 2 atom stereocenters. The fourth-order valence-electron chi connectivity index (χ4n) is 3.58. The third kappa shape index (κ3) is 3.65. The lowest BCUT2D eigenvalue weighted by Gasteiger charge is -2.27. The van der Waals surface area contributed by atoms with E-state index in [1.165, 1.54) is 19.1 Å². The lowest BCUT2D eigenvalue weighted by Crippen LogP contribution is -2.30. The average Bonchev–Trinajstić information content (AvgIpc) is 3.33.